The molecule has 0 aliphatic carbocycles. The van der Waals surface area contributed by atoms with Gasteiger partial charge in [-0.3, -0.25) is 9.78 Å². The van der Waals surface area contributed by atoms with Crippen LogP contribution in [-0.2, 0) is 15.6 Å². The van der Waals surface area contributed by atoms with Crippen LogP contribution in [0.15, 0.2) is 83.9 Å². The number of ether oxygens (including phenoxy) is 1. The van der Waals surface area contributed by atoms with Gasteiger partial charge in [0.1, 0.15) is 5.75 Å². The first-order valence-electron chi connectivity index (χ1n) is 11.9. The van der Waals surface area contributed by atoms with Crippen molar-refractivity contribution in [1.29, 1.82) is 0 Å². The van der Waals surface area contributed by atoms with Gasteiger partial charge in [-0.2, -0.15) is 0 Å². The minimum Gasteiger partial charge on any atom is -0.495 e. The summed E-state index contributed by atoms with van der Waals surface area (Å²) in [4.78, 5) is 21.6. The number of anilines is 1. The van der Waals surface area contributed by atoms with Gasteiger partial charge < -0.3 is 14.5 Å². The molecule has 0 radical (unpaired) electrons. The van der Waals surface area contributed by atoms with Crippen LogP contribution in [0.4, 0.5) is 5.69 Å². The van der Waals surface area contributed by atoms with E-state index in [0.717, 1.165) is 16.8 Å². The molecule has 7 nitrogen and oxygen atoms in total. The smallest absolute Gasteiger partial charge is 0.255 e. The fraction of sp³-hybridized carbons (Fsp3) is 0.214. The van der Waals surface area contributed by atoms with Crippen LogP contribution in [-0.4, -0.2) is 57.5 Å². The van der Waals surface area contributed by atoms with Crippen LogP contribution in [0, 0.1) is 0 Å². The number of carbonyl (C=O) groups is 1. The summed E-state index contributed by atoms with van der Waals surface area (Å²) in [6.45, 7) is 2.41. The Balaban J connectivity index is 1.29. The topological polar surface area (TPSA) is 79.8 Å². The van der Waals surface area contributed by atoms with Crippen molar-refractivity contribution >= 4 is 43.9 Å². The number of hydrogen-bond donors (Lipinski definition) is 0. The van der Waals surface area contributed by atoms with Crippen molar-refractivity contribution in [2.24, 2.45) is 0 Å². The van der Waals surface area contributed by atoms with Gasteiger partial charge in [-0.05, 0) is 42.0 Å². The zero-order valence-corrected chi connectivity index (χ0v) is 21.9. The number of halogens is 1. The molecule has 1 aliphatic heterocycles. The molecule has 1 amide bonds. The number of amides is 1. The molecule has 0 N–H and O–H groups in total. The number of rotatable bonds is 6. The summed E-state index contributed by atoms with van der Waals surface area (Å²) in [7, 11) is -2.03. The maximum absolute atomic E-state index is 13.2. The Bertz CT molecular complexity index is 1560. The second kappa shape index (κ2) is 10.4. The molecular weight excluding hydrogens is 510 g/mol. The van der Waals surface area contributed by atoms with Crippen LogP contribution in [0.5, 0.6) is 5.75 Å². The number of para-hydroxylation sites is 3. The molecule has 4 aromatic rings. The number of benzene rings is 3. The third-order valence-corrected chi connectivity index (χ3v) is 8.57. The molecular formula is C28H26ClN3O4S. The molecule has 0 saturated carbocycles. The lowest BCUT2D eigenvalue weighted by Crippen LogP contribution is -2.49. The van der Waals surface area contributed by atoms with Gasteiger partial charge in [0, 0.05) is 37.8 Å². The molecule has 0 unspecified atom stereocenters. The summed E-state index contributed by atoms with van der Waals surface area (Å²) >= 11 is 6.50. The molecule has 2 heterocycles. The Morgan fingerprint density at radius 2 is 1.73 bits per heavy atom. The van der Waals surface area contributed by atoms with Crippen molar-refractivity contribution in [3.8, 4) is 5.75 Å². The summed E-state index contributed by atoms with van der Waals surface area (Å²) in [5.41, 5.74) is 2.31. The standard InChI is InChI=1S/C28H26ClN3O4S/c1-36-25-9-3-2-8-24(25)31-14-16-32(17-15-31)28(33)22-12-11-20(18-23(22)29)19-37(34,35)26-10-4-6-21-7-5-13-30-27(21)26/h2-13,18H,14-17,19H2,1H3. The van der Waals surface area contributed by atoms with E-state index in [-0.39, 0.29) is 21.6 Å². The summed E-state index contributed by atoms with van der Waals surface area (Å²) in [6.07, 6.45) is 1.58. The van der Waals surface area contributed by atoms with E-state index in [1.54, 1.807) is 54.6 Å². The van der Waals surface area contributed by atoms with Gasteiger partial charge in [0.15, 0.2) is 9.84 Å². The van der Waals surface area contributed by atoms with E-state index in [9.17, 15) is 13.2 Å². The van der Waals surface area contributed by atoms with Crippen LogP contribution in [0.25, 0.3) is 10.9 Å². The van der Waals surface area contributed by atoms with Crippen molar-refractivity contribution < 1.29 is 17.9 Å². The molecule has 0 spiro atoms. The van der Waals surface area contributed by atoms with Crippen LogP contribution in [0.1, 0.15) is 15.9 Å². The van der Waals surface area contributed by atoms with Crippen molar-refractivity contribution in [3.63, 3.8) is 0 Å². The van der Waals surface area contributed by atoms with Gasteiger partial charge in [-0.25, -0.2) is 8.42 Å². The molecule has 1 fully saturated rings. The number of nitrogens with zero attached hydrogens (tertiary/aromatic N) is 3. The highest BCUT2D eigenvalue weighted by atomic mass is 35.5. The average molecular weight is 536 g/mol. The number of aromatic nitrogens is 1. The molecule has 3 aromatic carbocycles. The molecule has 1 aromatic heterocycles. The van der Waals surface area contributed by atoms with Crippen LogP contribution in [0.2, 0.25) is 5.02 Å². The van der Waals surface area contributed by atoms with E-state index >= 15 is 0 Å². The molecule has 0 bridgehead atoms. The van der Waals surface area contributed by atoms with Crippen LogP contribution >= 0.6 is 11.6 Å². The minimum absolute atomic E-state index is 0.169. The van der Waals surface area contributed by atoms with Crippen LogP contribution < -0.4 is 9.64 Å². The number of sulfone groups is 1. The van der Waals surface area contributed by atoms with Gasteiger partial charge >= 0.3 is 0 Å². The average Bonchev–Trinajstić information content (AvgIpc) is 2.92. The van der Waals surface area contributed by atoms with Crippen molar-refractivity contribution in [2.75, 3.05) is 38.2 Å². The van der Waals surface area contributed by atoms with E-state index in [2.05, 4.69) is 9.88 Å². The Kier molecular flexibility index (Phi) is 7.04. The number of carbonyl (C=O) groups excluding carboxylic acids is 1. The number of hydrogen-bond acceptors (Lipinski definition) is 6. The SMILES string of the molecule is COc1ccccc1N1CCN(C(=O)c2ccc(CS(=O)(=O)c3cccc4cccnc34)cc2Cl)CC1. The largest absolute Gasteiger partial charge is 0.495 e. The predicted octanol–water partition coefficient (Wildman–Crippen LogP) is 4.83. The molecule has 0 atom stereocenters. The number of fused-ring (bicyclic) bond motifs is 1. The highest BCUT2D eigenvalue weighted by molar-refractivity contribution is 7.90. The van der Waals surface area contributed by atoms with Crippen molar-refractivity contribution in [3.05, 3.63) is 95.1 Å². The lowest BCUT2D eigenvalue weighted by Gasteiger charge is -2.36. The minimum atomic E-state index is -3.68. The quantitative estimate of drug-likeness (QED) is 0.352. The van der Waals surface area contributed by atoms with Crippen molar-refractivity contribution in [1.82, 2.24) is 9.88 Å². The first-order chi connectivity index (χ1) is 17.9. The summed E-state index contributed by atoms with van der Waals surface area (Å²) in [6, 6.07) is 21.4. The van der Waals surface area contributed by atoms with Gasteiger partial charge in [0.25, 0.3) is 5.91 Å². The highest BCUT2D eigenvalue weighted by Crippen LogP contribution is 2.30. The van der Waals surface area contributed by atoms with Crippen LogP contribution in [0.3, 0.4) is 0 Å². The number of piperazine rings is 1. The van der Waals surface area contributed by atoms with Gasteiger partial charge in [-0.1, -0.05) is 48.0 Å². The first kappa shape index (κ1) is 25.0. The zero-order chi connectivity index (χ0) is 26.0. The van der Waals surface area contributed by atoms with Gasteiger partial charge in [0.05, 0.1) is 39.5 Å². The van der Waals surface area contributed by atoms with E-state index in [4.69, 9.17) is 16.3 Å². The molecule has 37 heavy (non-hydrogen) atoms. The molecule has 190 valence electrons. The predicted molar refractivity (Wildman–Crippen MR) is 145 cm³/mol. The van der Waals surface area contributed by atoms with Crippen molar-refractivity contribution in [2.45, 2.75) is 10.6 Å². The lowest BCUT2D eigenvalue weighted by molar-refractivity contribution is 0.0747. The monoisotopic (exact) mass is 535 g/mol. The summed E-state index contributed by atoms with van der Waals surface area (Å²) in [5.74, 6) is 0.390. The number of pyridine rings is 1. The Hall–Kier alpha value is -3.62. The van der Waals surface area contributed by atoms with Gasteiger partial charge in [0.2, 0.25) is 0 Å². The Labute approximate surface area is 221 Å². The fourth-order valence-corrected chi connectivity index (χ4v) is 6.47. The van der Waals surface area contributed by atoms with E-state index in [1.165, 1.54) is 0 Å². The summed E-state index contributed by atoms with van der Waals surface area (Å²) < 4.78 is 31.9. The highest BCUT2D eigenvalue weighted by Gasteiger charge is 2.26. The second-order valence-electron chi connectivity index (χ2n) is 8.86. The second-order valence-corrected chi connectivity index (χ2v) is 11.2. The lowest BCUT2D eigenvalue weighted by atomic mass is 10.1. The Morgan fingerprint density at radius 1 is 0.973 bits per heavy atom. The maximum Gasteiger partial charge on any atom is 0.255 e. The van der Waals surface area contributed by atoms with E-state index in [1.807, 2.05) is 36.4 Å². The third kappa shape index (κ3) is 5.12. The maximum atomic E-state index is 13.2. The zero-order valence-electron chi connectivity index (χ0n) is 20.3. The van der Waals surface area contributed by atoms with E-state index < -0.39 is 9.84 Å². The Morgan fingerprint density at radius 3 is 2.49 bits per heavy atom. The van der Waals surface area contributed by atoms with Gasteiger partial charge in [-0.15, -0.1) is 0 Å². The third-order valence-electron chi connectivity index (χ3n) is 6.54. The first-order valence-corrected chi connectivity index (χ1v) is 13.9. The molecule has 1 aliphatic rings. The molecule has 5 rings (SSSR count). The fourth-order valence-electron chi connectivity index (χ4n) is 4.66. The normalized spacial score (nSPS) is 14.1. The molecule has 9 heteroatoms. The molecule has 1 saturated heterocycles. The van der Waals surface area contributed by atoms with E-state index in [0.29, 0.717) is 42.8 Å². The summed E-state index contributed by atoms with van der Waals surface area (Å²) in [5, 5.41) is 0.995. The number of methoxy groups -OCH3 is 1.